The zero-order chi connectivity index (χ0) is 25.3. The summed E-state index contributed by atoms with van der Waals surface area (Å²) < 4.78 is 36.1. The number of fused-ring (bicyclic) bond motifs is 1. The molecule has 182 valence electrons. The highest BCUT2D eigenvalue weighted by atomic mass is 35.5. The van der Waals surface area contributed by atoms with E-state index in [0.29, 0.717) is 10.7 Å². The van der Waals surface area contributed by atoms with Crippen LogP contribution in [0.15, 0.2) is 57.0 Å². The van der Waals surface area contributed by atoms with Crippen LogP contribution in [0.5, 0.6) is 11.5 Å². The molecule has 0 saturated heterocycles. The molecule has 0 aromatic heterocycles. The molecule has 0 spiro atoms. The maximum atomic E-state index is 12.7. The molecule has 2 aliphatic heterocycles. The number of nitrogens with one attached hydrogen (secondary N) is 1. The van der Waals surface area contributed by atoms with Crippen LogP contribution in [0.1, 0.15) is 30.9 Å². The fourth-order valence-corrected chi connectivity index (χ4v) is 5.53. The van der Waals surface area contributed by atoms with Crippen molar-refractivity contribution >= 4 is 61.5 Å². The smallest absolute Gasteiger partial charge is 0.339 e. The standard InChI is InChI=1S/C23H21ClN4O5S2/c1-4-5-19-27-28-21(25)16(22(29)26-23(28)34-19)10-14-11-17(24)20(18(12-14)32-3)33-35(30,31)15-8-6-13(2)7-9-15/h6-12,25H,4-5H2,1-3H3/b16-10-,25-21?. The Kier molecular flexibility index (Phi) is 7.02. The average molecular weight is 533 g/mol. The molecule has 35 heavy (non-hydrogen) atoms. The van der Waals surface area contributed by atoms with E-state index in [0.717, 1.165) is 23.4 Å². The Morgan fingerprint density at radius 3 is 2.60 bits per heavy atom. The number of amidine groups is 2. The van der Waals surface area contributed by atoms with Gasteiger partial charge in [0.2, 0.25) is 10.9 Å². The summed E-state index contributed by atoms with van der Waals surface area (Å²) in [6.07, 6.45) is 3.03. The molecule has 0 aliphatic carbocycles. The van der Waals surface area contributed by atoms with Crippen molar-refractivity contribution in [2.45, 2.75) is 31.6 Å². The molecule has 1 amide bonds. The third-order valence-corrected chi connectivity index (χ3v) is 7.51. The minimum atomic E-state index is -4.17. The number of ether oxygens (including phenoxy) is 1. The Hall–Kier alpha value is -3.15. The van der Waals surface area contributed by atoms with Gasteiger partial charge in [-0.2, -0.15) is 23.5 Å². The number of hydrogen-bond acceptors (Lipinski definition) is 8. The fourth-order valence-electron chi connectivity index (χ4n) is 3.28. The van der Waals surface area contributed by atoms with Gasteiger partial charge in [0, 0.05) is 0 Å². The number of hydrazone groups is 1. The molecule has 0 bridgehead atoms. The number of aliphatic imine (C=N–C) groups is 1. The van der Waals surface area contributed by atoms with Crippen molar-refractivity contribution < 1.29 is 22.1 Å². The zero-order valence-corrected chi connectivity index (χ0v) is 21.4. The summed E-state index contributed by atoms with van der Waals surface area (Å²) in [4.78, 5) is 16.7. The molecule has 0 atom stereocenters. The molecule has 0 unspecified atom stereocenters. The molecule has 9 nitrogen and oxygen atoms in total. The Bertz CT molecular complexity index is 1420. The van der Waals surface area contributed by atoms with Crippen LogP contribution in [-0.4, -0.2) is 42.5 Å². The molecule has 0 fully saturated rings. The minimum Gasteiger partial charge on any atom is -0.493 e. The summed E-state index contributed by atoms with van der Waals surface area (Å²) in [7, 11) is -2.84. The van der Waals surface area contributed by atoms with Gasteiger partial charge in [-0.05, 0) is 67.4 Å². The molecule has 0 radical (unpaired) electrons. The Morgan fingerprint density at radius 1 is 1.23 bits per heavy atom. The van der Waals surface area contributed by atoms with Crippen molar-refractivity contribution in [1.82, 2.24) is 5.01 Å². The first-order valence-electron chi connectivity index (χ1n) is 10.5. The molecular formula is C23H21ClN4O5S2. The van der Waals surface area contributed by atoms with E-state index in [-0.39, 0.29) is 32.8 Å². The number of benzene rings is 2. The second kappa shape index (κ2) is 9.84. The summed E-state index contributed by atoms with van der Waals surface area (Å²) in [5.74, 6) is -0.846. The average Bonchev–Trinajstić information content (AvgIpc) is 3.21. The lowest BCUT2D eigenvalue weighted by Gasteiger charge is -2.20. The van der Waals surface area contributed by atoms with Crippen LogP contribution >= 0.6 is 23.4 Å². The molecule has 2 aromatic carbocycles. The quantitative estimate of drug-likeness (QED) is 0.399. The molecule has 2 aromatic rings. The third-order valence-electron chi connectivity index (χ3n) is 5.03. The van der Waals surface area contributed by atoms with Gasteiger partial charge in [-0.15, -0.1) is 0 Å². The van der Waals surface area contributed by atoms with Gasteiger partial charge in [-0.3, -0.25) is 10.2 Å². The van der Waals surface area contributed by atoms with Crippen molar-refractivity contribution in [1.29, 1.82) is 5.41 Å². The van der Waals surface area contributed by atoms with Gasteiger partial charge in [0.05, 0.1) is 17.7 Å². The zero-order valence-electron chi connectivity index (χ0n) is 19.0. The first kappa shape index (κ1) is 25.0. The number of thioether (sulfide) groups is 1. The van der Waals surface area contributed by atoms with Crippen LogP contribution < -0.4 is 8.92 Å². The van der Waals surface area contributed by atoms with Crippen molar-refractivity contribution in [2.75, 3.05) is 7.11 Å². The molecule has 1 N–H and O–H groups in total. The van der Waals surface area contributed by atoms with Gasteiger partial charge in [0.15, 0.2) is 11.6 Å². The number of carbonyl (C=O) groups excluding carboxylic acids is 1. The summed E-state index contributed by atoms with van der Waals surface area (Å²) in [5, 5.41) is 15.2. The topological polar surface area (TPSA) is 121 Å². The number of amides is 1. The maximum Gasteiger partial charge on any atom is 0.339 e. The van der Waals surface area contributed by atoms with Crippen LogP contribution in [0.3, 0.4) is 0 Å². The third kappa shape index (κ3) is 5.12. The van der Waals surface area contributed by atoms with E-state index in [1.165, 1.54) is 54.2 Å². The second-order valence-electron chi connectivity index (χ2n) is 7.65. The second-order valence-corrected chi connectivity index (χ2v) is 10.6. The lowest BCUT2D eigenvalue weighted by Crippen LogP contribution is -2.35. The van der Waals surface area contributed by atoms with Gasteiger partial charge < -0.3 is 8.92 Å². The van der Waals surface area contributed by atoms with Gasteiger partial charge in [-0.25, -0.2) is 0 Å². The number of halogens is 1. The lowest BCUT2D eigenvalue weighted by molar-refractivity contribution is -0.114. The largest absolute Gasteiger partial charge is 0.493 e. The molecular weight excluding hydrogens is 512 g/mol. The van der Waals surface area contributed by atoms with Gasteiger partial charge >= 0.3 is 10.1 Å². The number of rotatable bonds is 7. The monoisotopic (exact) mass is 532 g/mol. The fraction of sp³-hybridized carbons (Fsp3) is 0.217. The van der Waals surface area contributed by atoms with Crippen molar-refractivity contribution in [2.24, 2.45) is 10.1 Å². The highest BCUT2D eigenvalue weighted by Crippen LogP contribution is 2.39. The highest BCUT2D eigenvalue weighted by Gasteiger charge is 2.35. The van der Waals surface area contributed by atoms with Crippen LogP contribution in [0, 0.1) is 12.3 Å². The number of hydrogen-bond donors (Lipinski definition) is 1. The van der Waals surface area contributed by atoms with E-state index in [1.54, 1.807) is 12.1 Å². The minimum absolute atomic E-state index is 0.00918. The first-order chi connectivity index (χ1) is 16.6. The van der Waals surface area contributed by atoms with E-state index >= 15 is 0 Å². The predicted molar refractivity (Wildman–Crippen MR) is 137 cm³/mol. The molecule has 2 aliphatic rings. The van der Waals surface area contributed by atoms with Crippen LogP contribution in [0.2, 0.25) is 5.02 Å². The molecule has 2 heterocycles. The number of nitrogens with zero attached hydrogens (tertiary/aromatic N) is 3. The predicted octanol–water partition coefficient (Wildman–Crippen LogP) is 4.84. The number of methoxy groups -OCH3 is 1. The Balaban J connectivity index is 1.66. The molecule has 4 rings (SSSR count). The van der Waals surface area contributed by atoms with Crippen LogP contribution in [0.25, 0.3) is 6.08 Å². The normalized spacial score (nSPS) is 16.8. The molecule has 0 saturated carbocycles. The number of carbonyl (C=O) groups is 1. The van der Waals surface area contributed by atoms with E-state index < -0.39 is 16.0 Å². The van der Waals surface area contributed by atoms with Gasteiger partial charge in [-0.1, -0.05) is 36.2 Å². The van der Waals surface area contributed by atoms with E-state index in [2.05, 4.69) is 10.1 Å². The number of aryl methyl sites for hydroxylation is 1. The summed E-state index contributed by atoms with van der Waals surface area (Å²) in [6, 6.07) is 9.06. The van der Waals surface area contributed by atoms with E-state index in [9.17, 15) is 13.2 Å². The first-order valence-corrected chi connectivity index (χ1v) is 13.1. The summed E-state index contributed by atoms with van der Waals surface area (Å²) in [5.41, 5.74) is 1.30. The van der Waals surface area contributed by atoms with Crippen LogP contribution in [-0.2, 0) is 14.9 Å². The maximum absolute atomic E-state index is 12.7. The van der Waals surface area contributed by atoms with Gasteiger partial charge in [0.25, 0.3) is 5.91 Å². The van der Waals surface area contributed by atoms with E-state index in [4.69, 9.17) is 25.9 Å². The molecule has 12 heteroatoms. The highest BCUT2D eigenvalue weighted by molar-refractivity contribution is 8.26. The summed E-state index contributed by atoms with van der Waals surface area (Å²) >= 11 is 7.64. The van der Waals surface area contributed by atoms with Crippen molar-refractivity contribution in [3.63, 3.8) is 0 Å². The van der Waals surface area contributed by atoms with Crippen molar-refractivity contribution in [3.05, 3.63) is 58.1 Å². The Morgan fingerprint density at radius 2 is 1.94 bits per heavy atom. The SMILES string of the molecule is CCCC1=NN2C(=N)/C(=C/c3cc(Cl)c(OS(=O)(=O)c4ccc(C)cc4)c(OC)c3)C(=O)N=C2S1. The van der Waals surface area contributed by atoms with E-state index in [1.807, 2.05) is 13.8 Å². The van der Waals surface area contributed by atoms with Gasteiger partial charge in [0.1, 0.15) is 9.94 Å². The van der Waals surface area contributed by atoms with Crippen LogP contribution in [0.4, 0.5) is 0 Å². The Labute approximate surface area is 212 Å². The lowest BCUT2D eigenvalue weighted by atomic mass is 10.1. The summed E-state index contributed by atoms with van der Waals surface area (Å²) in [6.45, 7) is 3.85. The van der Waals surface area contributed by atoms with Crippen molar-refractivity contribution in [3.8, 4) is 11.5 Å².